The van der Waals surface area contributed by atoms with Gasteiger partial charge >= 0.3 is 11.9 Å². The number of carbonyl (C=O) groups excluding carboxylic acids is 3. The normalized spacial score (nSPS) is 10.5. The fourth-order valence-electron chi connectivity index (χ4n) is 4.97. The van der Waals surface area contributed by atoms with Crippen LogP contribution in [0.25, 0.3) is 0 Å². The summed E-state index contributed by atoms with van der Waals surface area (Å²) in [4.78, 5) is 56.4. The molecule has 0 aromatic heterocycles. The highest BCUT2D eigenvalue weighted by molar-refractivity contribution is 6.38. The number of halogens is 6. The molecule has 12 nitrogen and oxygen atoms in total. The van der Waals surface area contributed by atoms with E-state index >= 15 is 0 Å². The molecule has 0 aliphatic heterocycles. The van der Waals surface area contributed by atoms with Crippen LogP contribution in [0.3, 0.4) is 0 Å². The first kappa shape index (κ1) is 46.2. The van der Waals surface area contributed by atoms with E-state index in [1.807, 2.05) is 0 Å². The van der Waals surface area contributed by atoms with Crippen molar-refractivity contribution < 1.29 is 52.4 Å². The molecule has 3 amide bonds. The average molecular weight is 872 g/mol. The number of aryl methyl sites for hydroxylation is 2. The third-order valence-electron chi connectivity index (χ3n) is 7.59. The van der Waals surface area contributed by atoms with Crippen molar-refractivity contribution in [2.45, 2.75) is 60.2 Å². The van der Waals surface area contributed by atoms with E-state index in [4.69, 9.17) is 66.1 Å². The number of carbonyl (C=O) groups is 5. The van der Waals surface area contributed by atoms with Gasteiger partial charge in [-0.2, -0.15) is 0 Å². The molecule has 0 saturated heterocycles. The van der Waals surface area contributed by atoms with Crippen LogP contribution in [0.15, 0.2) is 48.5 Å². The predicted molar refractivity (Wildman–Crippen MR) is 213 cm³/mol. The van der Waals surface area contributed by atoms with Gasteiger partial charge in [0.2, 0.25) is 11.8 Å². The van der Waals surface area contributed by atoms with Gasteiger partial charge < -0.3 is 35.6 Å². The Bertz CT molecular complexity index is 2140. The smallest absolute Gasteiger partial charge is 0.322 e. The molecule has 4 aromatic rings. The molecular formula is C39H37Cl4F2N3O9. The van der Waals surface area contributed by atoms with E-state index < -0.39 is 36.0 Å². The second-order valence-electron chi connectivity index (χ2n) is 12.3. The van der Waals surface area contributed by atoms with Gasteiger partial charge in [0, 0.05) is 29.5 Å². The maximum atomic E-state index is 14.7. The van der Waals surface area contributed by atoms with E-state index in [0.29, 0.717) is 11.1 Å². The van der Waals surface area contributed by atoms with Crippen molar-refractivity contribution >= 4 is 87.4 Å². The number of rotatable bonds is 15. The molecule has 18 heteroatoms. The maximum Gasteiger partial charge on any atom is 0.322 e. The Morgan fingerprint density at radius 2 is 1.04 bits per heavy atom. The highest BCUT2D eigenvalue weighted by Crippen LogP contribution is 2.37. The molecule has 0 fully saturated rings. The number of ether oxygens (including phenoxy) is 2. The molecule has 0 bridgehead atoms. The zero-order valence-electron chi connectivity index (χ0n) is 30.9. The number of aliphatic carboxylic acids is 2. The third kappa shape index (κ3) is 13.8. The Morgan fingerprint density at radius 3 is 1.40 bits per heavy atom. The molecule has 0 saturated carbocycles. The largest absolute Gasteiger partial charge is 0.486 e. The molecule has 0 unspecified atom stereocenters. The summed E-state index contributed by atoms with van der Waals surface area (Å²) in [6, 6.07) is 11.6. The molecule has 0 radical (unpaired) electrons. The van der Waals surface area contributed by atoms with Gasteiger partial charge in [-0.3, -0.25) is 24.0 Å². The molecule has 4 rings (SSSR count). The number of anilines is 2. The van der Waals surface area contributed by atoms with Gasteiger partial charge in [0.05, 0.1) is 37.9 Å². The number of hydrogen-bond acceptors (Lipinski definition) is 7. The minimum Gasteiger partial charge on any atom is -0.486 e. The van der Waals surface area contributed by atoms with E-state index in [0.717, 1.165) is 5.56 Å². The standard InChI is InChI=1S/C20H19Cl2FN2O5.C19H18Cl2FNO4/c1-3-16(26)25-15-5-10(2)4-12(18(15)23)9-30-19-13(21)6-11(7-14(19)22)20(29)24-8-17(27)28;1-3-16(24)23-15-5-10(2)4-12(18(15)22)9-27-19-13(20)6-11(7-14(19)21)8-17(25)26/h4-7H,3,8-9H2,1-2H3,(H,24,29)(H,25,26)(H,27,28);4-7H,3,8-9H2,1-2H3,(H,23,24)(H,25,26). The maximum absolute atomic E-state index is 14.7. The summed E-state index contributed by atoms with van der Waals surface area (Å²) < 4.78 is 40.5. The predicted octanol–water partition coefficient (Wildman–Crippen LogP) is 9.18. The lowest BCUT2D eigenvalue weighted by Crippen LogP contribution is -2.29. The lowest BCUT2D eigenvalue weighted by Gasteiger charge is -2.14. The molecule has 0 spiro atoms. The van der Waals surface area contributed by atoms with E-state index in [1.54, 1.807) is 39.8 Å². The Morgan fingerprint density at radius 1 is 0.632 bits per heavy atom. The Kier molecular flexibility index (Phi) is 17.4. The molecule has 0 atom stereocenters. The highest BCUT2D eigenvalue weighted by atomic mass is 35.5. The number of benzene rings is 4. The minimum atomic E-state index is -1.20. The summed E-state index contributed by atoms with van der Waals surface area (Å²) in [5.41, 5.74) is 2.46. The number of nitrogens with one attached hydrogen (secondary N) is 3. The number of amides is 3. The van der Waals surface area contributed by atoms with Crippen molar-refractivity contribution in [1.82, 2.24) is 5.32 Å². The number of carboxylic acid groups (broad SMARTS) is 2. The Hall–Kier alpha value is -5.15. The Labute approximate surface area is 346 Å². The van der Waals surface area contributed by atoms with Crippen LogP contribution in [-0.4, -0.2) is 46.4 Å². The SMILES string of the molecule is CCC(=O)Nc1cc(C)cc(COc2c(Cl)cc(C(=O)NCC(=O)O)cc2Cl)c1F.CCC(=O)Nc1cc(C)cc(COc2c(Cl)cc(CC(=O)O)cc2Cl)c1F. The van der Waals surface area contributed by atoms with Crippen molar-refractivity contribution in [3.05, 3.63) is 114 Å². The summed E-state index contributed by atoms with van der Waals surface area (Å²) in [6.07, 6.45) is 0.205. The Balaban J connectivity index is 0.000000307. The first-order valence-corrected chi connectivity index (χ1v) is 18.5. The van der Waals surface area contributed by atoms with Crippen LogP contribution in [0.4, 0.5) is 20.2 Å². The van der Waals surface area contributed by atoms with Gasteiger partial charge in [-0.05, 0) is 79.1 Å². The van der Waals surface area contributed by atoms with Crippen LogP contribution in [0, 0.1) is 25.5 Å². The van der Waals surface area contributed by atoms with E-state index in [2.05, 4.69) is 16.0 Å². The van der Waals surface area contributed by atoms with Gasteiger partial charge in [-0.25, -0.2) is 8.78 Å². The van der Waals surface area contributed by atoms with Gasteiger partial charge in [-0.1, -0.05) is 60.3 Å². The first-order chi connectivity index (χ1) is 26.8. The topological polar surface area (TPSA) is 180 Å². The van der Waals surface area contributed by atoms with Crippen molar-refractivity contribution in [2.24, 2.45) is 0 Å². The van der Waals surface area contributed by atoms with Crippen LogP contribution in [0.2, 0.25) is 20.1 Å². The zero-order chi connectivity index (χ0) is 42.6. The molecule has 5 N–H and O–H groups in total. The average Bonchev–Trinajstić information content (AvgIpc) is 3.13. The summed E-state index contributed by atoms with van der Waals surface area (Å²) in [6.45, 7) is 5.89. The van der Waals surface area contributed by atoms with Crippen LogP contribution >= 0.6 is 46.4 Å². The monoisotopic (exact) mass is 869 g/mol. The number of carboxylic acids is 2. The van der Waals surface area contributed by atoms with Crippen LogP contribution < -0.4 is 25.4 Å². The fourth-order valence-corrected chi connectivity index (χ4v) is 6.21. The van der Waals surface area contributed by atoms with Crippen LogP contribution in [-0.2, 0) is 38.8 Å². The molecule has 0 aliphatic carbocycles. The van der Waals surface area contributed by atoms with Gasteiger partial charge in [0.25, 0.3) is 5.91 Å². The number of hydrogen-bond donors (Lipinski definition) is 5. The van der Waals surface area contributed by atoms with Crippen LogP contribution in [0.5, 0.6) is 11.5 Å². The first-order valence-electron chi connectivity index (χ1n) is 16.9. The molecule has 0 heterocycles. The minimum absolute atomic E-state index is 0.00412. The molecule has 57 heavy (non-hydrogen) atoms. The third-order valence-corrected chi connectivity index (χ3v) is 8.72. The second kappa shape index (κ2) is 21.4. The van der Waals surface area contributed by atoms with Crippen molar-refractivity contribution in [3.8, 4) is 11.5 Å². The lowest BCUT2D eigenvalue weighted by atomic mass is 10.1. The summed E-state index contributed by atoms with van der Waals surface area (Å²) >= 11 is 24.5. The summed E-state index contributed by atoms with van der Waals surface area (Å²) in [7, 11) is 0. The summed E-state index contributed by atoms with van der Waals surface area (Å²) in [5.74, 6) is -4.58. The van der Waals surface area contributed by atoms with Crippen molar-refractivity contribution in [2.75, 3.05) is 17.2 Å². The summed E-state index contributed by atoms with van der Waals surface area (Å²) in [5, 5.41) is 24.9. The molecular weight excluding hydrogens is 834 g/mol. The second-order valence-corrected chi connectivity index (χ2v) is 13.9. The van der Waals surface area contributed by atoms with E-state index in [9.17, 15) is 32.8 Å². The highest BCUT2D eigenvalue weighted by Gasteiger charge is 2.19. The van der Waals surface area contributed by atoms with E-state index in [1.165, 1.54) is 36.4 Å². The van der Waals surface area contributed by atoms with Gasteiger partial charge in [0.15, 0.2) is 23.1 Å². The zero-order valence-corrected chi connectivity index (χ0v) is 33.9. The molecule has 4 aromatic carbocycles. The molecule has 304 valence electrons. The quantitative estimate of drug-likeness (QED) is 0.0779. The van der Waals surface area contributed by atoms with Crippen molar-refractivity contribution in [3.63, 3.8) is 0 Å². The van der Waals surface area contributed by atoms with Gasteiger partial charge in [0.1, 0.15) is 19.8 Å². The molecule has 0 aliphatic rings. The lowest BCUT2D eigenvalue weighted by molar-refractivity contribution is -0.137. The van der Waals surface area contributed by atoms with Crippen molar-refractivity contribution in [1.29, 1.82) is 0 Å². The van der Waals surface area contributed by atoms with E-state index in [-0.39, 0.29) is 104 Å². The van der Waals surface area contributed by atoms with Gasteiger partial charge in [-0.15, -0.1) is 0 Å². The van der Waals surface area contributed by atoms with Crippen LogP contribution in [0.1, 0.15) is 64.9 Å². The fraction of sp³-hybridized carbons (Fsp3) is 0.256.